The minimum atomic E-state index is -0.241. The molecule has 1 aromatic carbocycles. The van der Waals surface area contributed by atoms with E-state index in [4.69, 9.17) is 10.00 Å². The number of ether oxygens (including phenoxy) is 1. The van der Waals surface area contributed by atoms with Crippen LogP contribution in [0, 0.1) is 11.3 Å². The van der Waals surface area contributed by atoms with Crippen molar-refractivity contribution in [3.05, 3.63) is 29.8 Å². The maximum Gasteiger partial charge on any atom is 0.231 e. The molecule has 0 radical (unpaired) electrons. The van der Waals surface area contributed by atoms with Gasteiger partial charge in [-0.1, -0.05) is 18.2 Å². The molecule has 0 fully saturated rings. The maximum absolute atomic E-state index is 11.8. The Morgan fingerprint density at radius 1 is 1.56 bits per heavy atom. The van der Waals surface area contributed by atoms with E-state index in [2.05, 4.69) is 5.32 Å². The summed E-state index contributed by atoms with van der Waals surface area (Å²) in [4.78, 5) is 11.8. The molecule has 1 aromatic rings. The van der Waals surface area contributed by atoms with Gasteiger partial charge in [-0.25, -0.2) is 0 Å². The molecule has 1 N–H and O–H groups in total. The minimum Gasteiger partial charge on any atom is -0.492 e. The predicted molar refractivity (Wildman–Crippen MR) is 57.9 cm³/mol. The molecule has 0 bridgehead atoms. The third-order valence-corrected chi connectivity index (χ3v) is 2.55. The van der Waals surface area contributed by atoms with Crippen LogP contribution in [0.1, 0.15) is 17.9 Å². The van der Waals surface area contributed by atoms with Gasteiger partial charge < -0.3 is 10.1 Å². The number of carbonyl (C=O) groups excluding carboxylic acids is 1. The van der Waals surface area contributed by atoms with Crippen molar-refractivity contribution < 1.29 is 9.53 Å². The highest BCUT2D eigenvalue weighted by atomic mass is 16.5. The van der Waals surface area contributed by atoms with Gasteiger partial charge in [-0.2, -0.15) is 5.26 Å². The van der Waals surface area contributed by atoms with Crippen LogP contribution >= 0.6 is 0 Å². The summed E-state index contributed by atoms with van der Waals surface area (Å²) in [6, 6.07) is 9.52. The molecule has 4 nitrogen and oxygen atoms in total. The van der Waals surface area contributed by atoms with Gasteiger partial charge in [-0.05, 0) is 6.07 Å². The van der Waals surface area contributed by atoms with Crippen LogP contribution in [0.15, 0.2) is 24.3 Å². The molecule has 4 heteroatoms. The van der Waals surface area contributed by atoms with Crippen molar-refractivity contribution in [2.75, 3.05) is 13.2 Å². The van der Waals surface area contributed by atoms with Crippen molar-refractivity contribution >= 4 is 5.91 Å². The van der Waals surface area contributed by atoms with Gasteiger partial charge in [-0.3, -0.25) is 4.79 Å². The van der Waals surface area contributed by atoms with E-state index >= 15 is 0 Å². The standard InChI is InChI=1S/C12H12N2O2/c13-6-3-7-14-12(15)10-8-16-11-5-2-1-4-9(10)11/h1-2,4-5,10H,3,7-8H2,(H,14,15). The average Bonchev–Trinajstić information content (AvgIpc) is 2.73. The molecule has 1 heterocycles. The number of carbonyl (C=O) groups is 1. The fourth-order valence-corrected chi connectivity index (χ4v) is 1.74. The van der Waals surface area contributed by atoms with E-state index < -0.39 is 0 Å². The number of nitrogens with zero attached hydrogens (tertiary/aromatic N) is 1. The molecule has 0 spiro atoms. The van der Waals surface area contributed by atoms with E-state index in [0.29, 0.717) is 19.6 Å². The highest BCUT2D eigenvalue weighted by Crippen LogP contribution is 2.33. The van der Waals surface area contributed by atoms with Gasteiger partial charge >= 0.3 is 0 Å². The number of rotatable bonds is 3. The molecule has 16 heavy (non-hydrogen) atoms. The number of benzene rings is 1. The van der Waals surface area contributed by atoms with Crippen LogP contribution in [0.2, 0.25) is 0 Å². The minimum absolute atomic E-state index is 0.0693. The quantitative estimate of drug-likeness (QED) is 0.772. The lowest BCUT2D eigenvalue weighted by molar-refractivity contribution is -0.122. The lowest BCUT2D eigenvalue weighted by Gasteiger charge is -2.08. The van der Waals surface area contributed by atoms with E-state index in [-0.39, 0.29) is 11.8 Å². The number of amides is 1. The van der Waals surface area contributed by atoms with Crippen LogP contribution in [0.3, 0.4) is 0 Å². The van der Waals surface area contributed by atoms with Crippen LogP contribution in [0.25, 0.3) is 0 Å². The van der Waals surface area contributed by atoms with E-state index in [9.17, 15) is 4.79 Å². The number of fused-ring (bicyclic) bond motifs is 1. The van der Waals surface area contributed by atoms with Crippen molar-refractivity contribution in [3.63, 3.8) is 0 Å². The zero-order valence-corrected chi connectivity index (χ0v) is 8.77. The lowest BCUT2D eigenvalue weighted by atomic mass is 10.0. The van der Waals surface area contributed by atoms with Crippen molar-refractivity contribution in [3.8, 4) is 11.8 Å². The largest absolute Gasteiger partial charge is 0.492 e. The van der Waals surface area contributed by atoms with Crippen LogP contribution in [-0.2, 0) is 4.79 Å². The number of nitriles is 1. The lowest BCUT2D eigenvalue weighted by Crippen LogP contribution is -2.30. The zero-order valence-electron chi connectivity index (χ0n) is 8.77. The molecular weight excluding hydrogens is 204 g/mol. The summed E-state index contributed by atoms with van der Waals surface area (Å²) >= 11 is 0. The molecule has 82 valence electrons. The summed E-state index contributed by atoms with van der Waals surface area (Å²) in [6.07, 6.45) is 0.334. The van der Waals surface area contributed by atoms with Crippen molar-refractivity contribution in [2.45, 2.75) is 12.3 Å². The summed E-state index contributed by atoms with van der Waals surface area (Å²) in [5, 5.41) is 11.1. The second-order valence-electron chi connectivity index (χ2n) is 3.60. The number of para-hydroxylation sites is 1. The van der Waals surface area contributed by atoms with Crippen LogP contribution < -0.4 is 10.1 Å². The van der Waals surface area contributed by atoms with Crippen LogP contribution in [0.4, 0.5) is 0 Å². The molecule has 1 aliphatic heterocycles. The monoisotopic (exact) mass is 216 g/mol. The summed E-state index contributed by atoms with van der Waals surface area (Å²) in [6.45, 7) is 0.783. The van der Waals surface area contributed by atoms with Gasteiger partial charge in [0.15, 0.2) is 0 Å². The first-order chi connectivity index (χ1) is 7.83. The Bertz CT molecular complexity index is 437. The molecule has 2 rings (SSSR count). The fraction of sp³-hybridized carbons (Fsp3) is 0.333. The van der Waals surface area contributed by atoms with Gasteiger partial charge in [0.05, 0.1) is 12.5 Å². The fourth-order valence-electron chi connectivity index (χ4n) is 1.74. The third kappa shape index (κ3) is 1.98. The highest BCUT2D eigenvalue weighted by molar-refractivity contribution is 5.85. The molecule has 1 amide bonds. The summed E-state index contributed by atoms with van der Waals surface area (Å²) < 4.78 is 5.41. The molecule has 1 atom stereocenters. The van der Waals surface area contributed by atoms with Crippen molar-refractivity contribution in [2.24, 2.45) is 0 Å². The first kappa shape index (κ1) is 10.5. The van der Waals surface area contributed by atoms with Gasteiger partial charge in [-0.15, -0.1) is 0 Å². The maximum atomic E-state index is 11.8. The Labute approximate surface area is 93.8 Å². The molecule has 1 unspecified atom stereocenters. The van der Waals surface area contributed by atoms with E-state index in [1.54, 1.807) is 0 Å². The van der Waals surface area contributed by atoms with Crippen LogP contribution in [-0.4, -0.2) is 19.1 Å². The molecule has 0 saturated heterocycles. The number of nitrogens with one attached hydrogen (secondary N) is 1. The number of hydrogen-bond donors (Lipinski definition) is 1. The second kappa shape index (κ2) is 4.67. The molecule has 0 saturated carbocycles. The Hall–Kier alpha value is -2.02. The molecule has 1 aliphatic rings. The highest BCUT2D eigenvalue weighted by Gasteiger charge is 2.29. The first-order valence-corrected chi connectivity index (χ1v) is 5.19. The van der Waals surface area contributed by atoms with Gasteiger partial charge in [0, 0.05) is 12.1 Å². The molecule has 0 aliphatic carbocycles. The van der Waals surface area contributed by atoms with Gasteiger partial charge in [0.25, 0.3) is 0 Å². The predicted octanol–water partition coefficient (Wildman–Crippen LogP) is 1.19. The Balaban J connectivity index is 2.02. The third-order valence-electron chi connectivity index (χ3n) is 2.55. The van der Waals surface area contributed by atoms with Crippen molar-refractivity contribution in [1.29, 1.82) is 5.26 Å². The molecular formula is C12H12N2O2. The molecule has 0 aromatic heterocycles. The normalized spacial score (nSPS) is 17.1. The Morgan fingerprint density at radius 3 is 3.19 bits per heavy atom. The first-order valence-electron chi connectivity index (χ1n) is 5.19. The van der Waals surface area contributed by atoms with Crippen molar-refractivity contribution in [1.82, 2.24) is 5.32 Å². The van der Waals surface area contributed by atoms with E-state index in [0.717, 1.165) is 11.3 Å². The average molecular weight is 216 g/mol. The van der Waals surface area contributed by atoms with Crippen LogP contribution in [0.5, 0.6) is 5.75 Å². The SMILES string of the molecule is N#CCCNC(=O)C1COc2ccccc21. The van der Waals surface area contributed by atoms with Gasteiger partial charge in [0.1, 0.15) is 18.3 Å². The van der Waals surface area contributed by atoms with Gasteiger partial charge in [0.2, 0.25) is 5.91 Å². The zero-order chi connectivity index (χ0) is 11.4. The summed E-state index contributed by atoms with van der Waals surface area (Å²) in [5.41, 5.74) is 0.928. The second-order valence-corrected chi connectivity index (χ2v) is 3.60. The summed E-state index contributed by atoms with van der Waals surface area (Å²) in [5.74, 6) is 0.470. The summed E-state index contributed by atoms with van der Waals surface area (Å²) in [7, 11) is 0. The Kier molecular flexibility index (Phi) is 3.06. The van der Waals surface area contributed by atoms with E-state index in [1.807, 2.05) is 30.3 Å². The number of hydrogen-bond acceptors (Lipinski definition) is 3. The topological polar surface area (TPSA) is 62.1 Å². The smallest absolute Gasteiger partial charge is 0.231 e. The van der Waals surface area contributed by atoms with E-state index in [1.165, 1.54) is 0 Å². The Morgan fingerprint density at radius 2 is 2.38 bits per heavy atom.